The molecule has 4 heteroatoms. The van der Waals surface area contributed by atoms with Crippen LogP contribution in [0.15, 0.2) is 0 Å². The van der Waals surface area contributed by atoms with Crippen molar-refractivity contribution in [2.24, 2.45) is 11.1 Å². The number of hydrogen-bond acceptors (Lipinski definition) is 2. The minimum Gasteiger partial charge on any atom is -0.380 e. The van der Waals surface area contributed by atoms with Crippen LogP contribution >= 0.6 is 0 Å². The van der Waals surface area contributed by atoms with Crippen molar-refractivity contribution in [3.63, 3.8) is 0 Å². The summed E-state index contributed by atoms with van der Waals surface area (Å²) in [5.41, 5.74) is 5.11. The fourth-order valence-electron chi connectivity index (χ4n) is 1.23. The molecule has 2 nitrogen and oxygen atoms in total. The highest BCUT2D eigenvalue weighted by Gasteiger charge is 2.36. The third-order valence-corrected chi connectivity index (χ3v) is 1.95. The van der Waals surface area contributed by atoms with Crippen molar-refractivity contribution in [1.82, 2.24) is 0 Å². The summed E-state index contributed by atoms with van der Waals surface area (Å²) in [6, 6.07) is -0.996. The van der Waals surface area contributed by atoms with E-state index in [4.69, 9.17) is 10.5 Å². The lowest BCUT2D eigenvalue weighted by atomic mass is 9.82. The Labute approximate surface area is 64.7 Å². The Morgan fingerprint density at radius 2 is 2.09 bits per heavy atom. The smallest absolute Gasteiger partial charge is 0.253 e. The molecule has 1 atom stereocenters. The van der Waals surface area contributed by atoms with Crippen LogP contribution < -0.4 is 5.73 Å². The molecule has 1 aliphatic heterocycles. The van der Waals surface area contributed by atoms with E-state index in [2.05, 4.69) is 0 Å². The normalized spacial score (nSPS) is 24.8. The SMILES string of the molecule is CC1(CC(N)C(F)F)COC1. The standard InChI is InChI=1S/C7H13F2NO/c1-7(3-11-4-7)2-5(10)6(8)9/h5-6H,2-4,10H2,1H3. The second-order valence-corrected chi connectivity index (χ2v) is 3.51. The molecule has 0 aromatic carbocycles. The van der Waals surface area contributed by atoms with Gasteiger partial charge in [-0.05, 0) is 6.42 Å². The molecule has 1 unspecified atom stereocenters. The first-order valence-electron chi connectivity index (χ1n) is 3.65. The number of alkyl halides is 2. The van der Waals surface area contributed by atoms with E-state index in [1.807, 2.05) is 6.92 Å². The van der Waals surface area contributed by atoms with Gasteiger partial charge in [-0.1, -0.05) is 6.92 Å². The van der Waals surface area contributed by atoms with Crippen LogP contribution in [-0.2, 0) is 4.74 Å². The van der Waals surface area contributed by atoms with Gasteiger partial charge in [-0.3, -0.25) is 0 Å². The van der Waals surface area contributed by atoms with E-state index < -0.39 is 12.5 Å². The van der Waals surface area contributed by atoms with E-state index in [9.17, 15) is 8.78 Å². The third-order valence-electron chi connectivity index (χ3n) is 1.95. The predicted molar refractivity (Wildman–Crippen MR) is 37.5 cm³/mol. The van der Waals surface area contributed by atoms with Gasteiger partial charge in [-0.25, -0.2) is 8.78 Å². The van der Waals surface area contributed by atoms with Gasteiger partial charge >= 0.3 is 0 Å². The number of hydrogen-bond donors (Lipinski definition) is 1. The topological polar surface area (TPSA) is 35.2 Å². The van der Waals surface area contributed by atoms with E-state index in [0.717, 1.165) is 0 Å². The van der Waals surface area contributed by atoms with Crippen LogP contribution in [0.4, 0.5) is 8.78 Å². The van der Waals surface area contributed by atoms with Gasteiger partial charge in [0.25, 0.3) is 6.43 Å². The largest absolute Gasteiger partial charge is 0.380 e. The summed E-state index contributed by atoms with van der Waals surface area (Å²) in [5, 5.41) is 0. The quantitative estimate of drug-likeness (QED) is 0.677. The Kier molecular flexibility index (Phi) is 2.44. The van der Waals surface area contributed by atoms with Crippen molar-refractivity contribution >= 4 is 0 Å². The summed E-state index contributed by atoms with van der Waals surface area (Å²) in [7, 11) is 0. The Bertz CT molecular complexity index is 136. The van der Waals surface area contributed by atoms with Gasteiger partial charge in [0.1, 0.15) is 0 Å². The molecule has 0 aromatic rings. The monoisotopic (exact) mass is 165 g/mol. The molecule has 0 radical (unpaired) electrons. The molecule has 0 aliphatic carbocycles. The number of rotatable bonds is 3. The molecule has 1 aliphatic rings. The van der Waals surface area contributed by atoms with Crippen LogP contribution in [0.5, 0.6) is 0 Å². The molecule has 1 fully saturated rings. The van der Waals surface area contributed by atoms with Crippen molar-refractivity contribution in [3.05, 3.63) is 0 Å². The lowest BCUT2D eigenvalue weighted by Gasteiger charge is -2.39. The Balaban J connectivity index is 2.29. The fourth-order valence-corrected chi connectivity index (χ4v) is 1.23. The van der Waals surface area contributed by atoms with E-state index in [1.165, 1.54) is 0 Å². The summed E-state index contributed by atoms with van der Waals surface area (Å²) >= 11 is 0. The molecule has 0 amide bonds. The Morgan fingerprint density at radius 3 is 2.36 bits per heavy atom. The molecule has 1 rings (SSSR count). The van der Waals surface area contributed by atoms with Crippen LogP contribution in [0.2, 0.25) is 0 Å². The van der Waals surface area contributed by atoms with Gasteiger partial charge in [0.2, 0.25) is 0 Å². The summed E-state index contributed by atoms with van der Waals surface area (Å²) < 4.78 is 28.8. The van der Waals surface area contributed by atoms with E-state index in [0.29, 0.717) is 19.6 Å². The summed E-state index contributed by atoms with van der Waals surface area (Å²) in [6.45, 7) is 3.04. The Morgan fingerprint density at radius 1 is 1.55 bits per heavy atom. The van der Waals surface area contributed by atoms with E-state index in [-0.39, 0.29) is 5.41 Å². The van der Waals surface area contributed by atoms with Crippen LogP contribution in [-0.4, -0.2) is 25.7 Å². The van der Waals surface area contributed by atoms with Crippen molar-refractivity contribution < 1.29 is 13.5 Å². The zero-order valence-corrected chi connectivity index (χ0v) is 6.52. The summed E-state index contributed by atoms with van der Waals surface area (Å²) in [5.74, 6) is 0. The maximum atomic E-state index is 12.0. The average molecular weight is 165 g/mol. The van der Waals surface area contributed by atoms with Crippen molar-refractivity contribution in [2.75, 3.05) is 13.2 Å². The Hall–Kier alpha value is -0.220. The second-order valence-electron chi connectivity index (χ2n) is 3.51. The van der Waals surface area contributed by atoms with Crippen LogP contribution in [0.3, 0.4) is 0 Å². The predicted octanol–water partition coefficient (Wildman–Crippen LogP) is 1.01. The molecule has 0 spiro atoms. The molecule has 0 saturated carbocycles. The lowest BCUT2D eigenvalue weighted by molar-refractivity contribution is -0.114. The molecule has 1 heterocycles. The van der Waals surface area contributed by atoms with E-state index >= 15 is 0 Å². The van der Waals surface area contributed by atoms with Crippen molar-refractivity contribution in [1.29, 1.82) is 0 Å². The van der Waals surface area contributed by atoms with Gasteiger partial charge in [-0.15, -0.1) is 0 Å². The number of ether oxygens (including phenoxy) is 1. The highest BCUT2D eigenvalue weighted by molar-refractivity contribution is 4.85. The highest BCUT2D eigenvalue weighted by atomic mass is 19.3. The number of halogens is 2. The molecule has 11 heavy (non-hydrogen) atoms. The first kappa shape index (κ1) is 8.87. The zero-order chi connectivity index (χ0) is 8.48. The highest BCUT2D eigenvalue weighted by Crippen LogP contribution is 2.32. The summed E-state index contributed by atoms with van der Waals surface area (Å²) in [6.07, 6.45) is -2.06. The average Bonchev–Trinajstić information content (AvgIpc) is 1.84. The molecule has 2 N–H and O–H groups in total. The molecular formula is C7H13F2NO. The minimum atomic E-state index is -2.41. The van der Waals surface area contributed by atoms with Gasteiger partial charge in [-0.2, -0.15) is 0 Å². The zero-order valence-electron chi connectivity index (χ0n) is 6.52. The maximum absolute atomic E-state index is 12.0. The van der Waals surface area contributed by atoms with Crippen molar-refractivity contribution in [2.45, 2.75) is 25.8 Å². The minimum absolute atomic E-state index is 0.101. The van der Waals surface area contributed by atoms with Gasteiger partial charge in [0, 0.05) is 5.41 Å². The molecule has 0 bridgehead atoms. The number of nitrogens with two attached hydrogens (primary N) is 1. The van der Waals surface area contributed by atoms with Gasteiger partial charge in [0.05, 0.1) is 19.3 Å². The molecule has 1 saturated heterocycles. The maximum Gasteiger partial charge on any atom is 0.253 e. The van der Waals surface area contributed by atoms with Crippen LogP contribution in [0, 0.1) is 5.41 Å². The van der Waals surface area contributed by atoms with Gasteiger partial charge < -0.3 is 10.5 Å². The molecule has 0 aromatic heterocycles. The third kappa shape index (κ3) is 2.10. The second kappa shape index (κ2) is 3.03. The molecular weight excluding hydrogens is 152 g/mol. The van der Waals surface area contributed by atoms with Gasteiger partial charge in [0.15, 0.2) is 0 Å². The summed E-state index contributed by atoms with van der Waals surface area (Å²) in [4.78, 5) is 0. The van der Waals surface area contributed by atoms with Crippen LogP contribution in [0.1, 0.15) is 13.3 Å². The van der Waals surface area contributed by atoms with E-state index in [1.54, 1.807) is 0 Å². The first-order chi connectivity index (χ1) is 5.03. The molecule has 66 valence electrons. The van der Waals surface area contributed by atoms with Crippen LogP contribution in [0.25, 0.3) is 0 Å². The fraction of sp³-hybridized carbons (Fsp3) is 1.00. The lowest BCUT2D eigenvalue weighted by Crippen LogP contribution is -2.46. The first-order valence-corrected chi connectivity index (χ1v) is 3.65. The van der Waals surface area contributed by atoms with Crippen molar-refractivity contribution in [3.8, 4) is 0 Å².